The van der Waals surface area contributed by atoms with Crippen molar-refractivity contribution >= 4 is 11.6 Å². The Kier molecular flexibility index (Phi) is 4.93. The van der Waals surface area contributed by atoms with Gasteiger partial charge in [-0.3, -0.25) is 4.79 Å². The summed E-state index contributed by atoms with van der Waals surface area (Å²) < 4.78 is 5.71. The zero-order valence-corrected chi connectivity index (χ0v) is 15.4. The molecule has 0 aromatic heterocycles. The molecule has 2 atom stereocenters. The van der Waals surface area contributed by atoms with Crippen LogP contribution in [0.5, 0.6) is 5.75 Å². The van der Waals surface area contributed by atoms with Crippen molar-refractivity contribution in [2.75, 3.05) is 11.5 Å². The molecular weight excluding hydrogens is 334 g/mol. The Balaban J connectivity index is 1.68. The Morgan fingerprint density at radius 1 is 0.815 bits per heavy atom. The van der Waals surface area contributed by atoms with E-state index in [9.17, 15) is 4.79 Å². The van der Waals surface area contributed by atoms with E-state index in [2.05, 4.69) is 19.1 Å². The van der Waals surface area contributed by atoms with Gasteiger partial charge in [0.25, 0.3) is 0 Å². The first kappa shape index (κ1) is 17.3. The standard InChI is InChI=1S/C24H23NO2/c1-2-17-27-21-15-13-19(14-16-21)23-22(18-9-5-3-6-10-18)24(26)25(23)20-11-7-4-8-12-20/h3-16,22-23H,2,17H2,1H3. The summed E-state index contributed by atoms with van der Waals surface area (Å²) in [4.78, 5) is 15.0. The average Bonchev–Trinajstić information content (AvgIpc) is 2.72. The van der Waals surface area contributed by atoms with Gasteiger partial charge in [0, 0.05) is 5.69 Å². The van der Waals surface area contributed by atoms with Crippen LogP contribution in [0.15, 0.2) is 84.9 Å². The summed E-state index contributed by atoms with van der Waals surface area (Å²) in [6.07, 6.45) is 0.983. The average molecular weight is 357 g/mol. The number of hydrogen-bond acceptors (Lipinski definition) is 2. The van der Waals surface area contributed by atoms with E-state index in [-0.39, 0.29) is 17.9 Å². The lowest BCUT2D eigenvalue weighted by atomic mass is 9.77. The van der Waals surface area contributed by atoms with Gasteiger partial charge in [0.05, 0.1) is 18.6 Å². The van der Waals surface area contributed by atoms with Crippen molar-refractivity contribution in [3.05, 3.63) is 96.1 Å². The molecule has 0 saturated carbocycles. The SMILES string of the molecule is CCCOc1ccc(C2C(c3ccccc3)C(=O)N2c2ccccc2)cc1. The van der Waals surface area contributed by atoms with E-state index in [1.165, 1.54) is 0 Å². The van der Waals surface area contributed by atoms with Crippen LogP contribution >= 0.6 is 0 Å². The van der Waals surface area contributed by atoms with Crippen molar-refractivity contribution < 1.29 is 9.53 Å². The molecular formula is C24H23NO2. The van der Waals surface area contributed by atoms with Crippen LogP contribution in [0.4, 0.5) is 5.69 Å². The van der Waals surface area contributed by atoms with E-state index in [0.29, 0.717) is 6.61 Å². The lowest BCUT2D eigenvalue weighted by molar-refractivity contribution is -0.126. The van der Waals surface area contributed by atoms with Crippen LogP contribution in [0.3, 0.4) is 0 Å². The van der Waals surface area contributed by atoms with Crippen LogP contribution in [-0.4, -0.2) is 12.5 Å². The van der Waals surface area contributed by atoms with Gasteiger partial charge in [-0.05, 0) is 41.8 Å². The van der Waals surface area contributed by atoms with Crippen LogP contribution < -0.4 is 9.64 Å². The minimum atomic E-state index is -0.159. The van der Waals surface area contributed by atoms with E-state index in [1.807, 2.05) is 77.7 Å². The Hall–Kier alpha value is -3.07. The fraction of sp³-hybridized carbons (Fsp3) is 0.208. The molecule has 0 radical (unpaired) electrons. The van der Waals surface area contributed by atoms with Crippen molar-refractivity contribution in [3.63, 3.8) is 0 Å². The predicted octanol–water partition coefficient (Wildman–Crippen LogP) is 5.35. The summed E-state index contributed by atoms with van der Waals surface area (Å²) in [7, 11) is 0. The molecule has 1 fully saturated rings. The molecule has 1 heterocycles. The molecule has 4 rings (SSSR count). The molecule has 3 heteroatoms. The van der Waals surface area contributed by atoms with Gasteiger partial charge in [-0.1, -0.05) is 67.6 Å². The summed E-state index contributed by atoms with van der Waals surface area (Å²) in [5, 5.41) is 0. The van der Waals surface area contributed by atoms with Gasteiger partial charge in [0.1, 0.15) is 5.75 Å². The number of anilines is 1. The first-order chi connectivity index (χ1) is 13.3. The van der Waals surface area contributed by atoms with Crippen molar-refractivity contribution in [3.8, 4) is 5.75 Å². The second kappa shape index (κ2) is 7.67. The number of hydrogen-bond donors (Lipinski definition) is 0. The summed E-state index contributed by atoms with van der Waals surface area (Å²) in [6, 6.07) is 28.1. The smallest absolute Gasteiger partial charge is 0.237 e. The number of ether oxygens (including phenoxy) is 1. The van der Waals surface area contributed by atoms with E-state index < -0.39 is 0 Å². The number of para-hydroxylation sites is 1. The third kappa shape index (κ3) is 3.33. The predicted molar refractivity (Wildman–Crippen MR) is 108 cm³/mol. The van der Waals surface area contributed by atoms with Crippen LogP contribution in [0.2, 0.25) is 0 Å². The molecule has 27 heavy (non-hydrogen) atoms. The maximum Gasteiger partial charge on any atom is 0.237 e. The molecule has 1 amide bonds. The maximum absolute atomic E-state index is 13.1. The van der Waals surface area contributed by atoms with Crippen molar-refractivity contribution in [1.82, 2.24) is 0 Å². The first-order valence-corrected chi connectivity index (χ1v) is 9.45. The zero-order valence-electron chi connectivity index (χ0n) is 15.4. The second-order valence-electron chi connectivity index (χ2n) is 6.79. The fourth-order valence-electron chi connectivity index (χ4n) is 3.67. The Morgan fingerprint density at radius 2 is 1.44 bits per heavy atom. The Morgan fingerprint density at radius 3 is 2.07 bits per heavy atom. The van der Waals surface area contributed by atoms with Gasteiger partial charge >= 0.3 is 0 Å². The number of nitrogens with zero attached hydrogens (tertiary/aromatic N) is 1. The highest BCUT2D eigenvalue weighted by atomic mass is 16.5. The minimum absolute atomic E-state index is 0.0116. The number of rotatable bonds is 6. The highest BCUT2D eigenvalue weighted by Gasteiger charge is 2.49. The van der Waals surface area contributed by atoms with Crippen molar-refractivity contribution in [2.24, 2.45) is 0 Å². The third-order valence-corrected chi connectivity index (χ3v) is 4.98. The van der Waals surface area contributed by atoms with Crippen LogP contribution in [0, 0.1) is 0 Å². The zero-order chi connectivity index (χ0) is 18.6. The molecule has 3 nitrogen and oxygen atoms in total. The lowest BCUT2D eigenvalue weighted by Crippen LogP contribution is -2.53. The Labute approximate surface area is 160 Å². The number of carbonyl (C=O) groups excluding carboxylic acids is 1. The van der Waals surface area contributed by atoms with Gasteiger partial charge in [0.2, 0.25) is 5.91 Å². The van der Waals surface area contributed by atoms with Crippen molar-refractivity contribution in [1.29, 1.82) is 0 Å². The first-order valence-electron chi connectivity index (χ1n) is 9.45. The van der Waals surface area contributed by atoms with Crippen molar-refractivity contribution in [2.45, 2.75) is 25.3 Å². The molecule has 1 saturated heterocycles. The van der Waals surface area contributed by atoms with Gasteiger partial charge in [-0.2, -0.15) is 0 Å². The van der Waals surface area contributed by atoms with Gasteiger partial charge in [-0.25, -0.2) is 0 Å². The fourth-order valence-corrected chi connectivity index (χ4v) is 3.67. The van der Waals surface area contributed by atoms with Crippen LogP contribution in [-0.2, 0) is 4.79 Å². The number of benzene rings is 3. The summed E-state index contributed by atoms with van der Waals surface area (Å²) in [6.45, 7) is 2.81. The molecule has 3 aromatic carbocycles. The Bertz CT molecular complexity index is 841. The second-order valence-corrected chi connectivity index (χ2v) is 6.79. The highest BCUT2D eigenvalue weighted by molar-refractivity contribution is 6.06. The molecule has 2 unspecified atom stereocenters. The highest BCUT2D eigenvalue weighted by Crippen LogP contribution is 2.48. The third-order valence-electron chi connectivity index (χ3n) is 4.98. The molecule has 136 valence electrons. The molecule has 0 bridgehead atoms. The van der Waals surface area contributed by atoms with E-state index in [4.69, 9.17) is 4.74 Å². The van der Waals surface area contributed by atoms with E-state index in [1.54, 1.807) is 0 Å². The molecule has 0 spiro atoms. The monoisotopic (exact) mass is 357 g/mol. The van der Waals surface area contributed by atoms with Gasteiger partial charge in [-0.15, -0.1) is 0 Å². The molecule has 1 aliphatic heterocycles. The maximum atomic E-state index is 13.1. The summed E-state index contributed by atoms with van der Waals surface area (Å²) in [5.74, 6) is 0.853. The summed E-state index contributed by atoms with van der Waals surface area (Å²) in [5.41, 5.74) is 3.12. The topological polar surface area (TPSA) is 29.5 Å². The largest absolute Gasteiger partial charge is 0.494 e. The minimum Gasteiger partial charge on any atom is -0.494 e. The normalized spacial score (nSPS) is 18.9. The van der Waals surface area contributed by atoms with E-state index in [0.717, 1.165) is 29.0 Å². The lowest BCUT2D eigenvalue weighted by Gasteiger charge is -2.47. The molecule has 3 aromatic rings. The number of amides is 1. The van der Waals surface area contributed by atoms with Crippen LogP contribution in [0.1, 0.15) is 36.4 Å². The molecule has 0 aliphatic carbocycles. The quantitative estimate of drug-likeness (QED) is 0.557. The summed E-state index contributed by atoms with van der Waals surface area (Å²) >= 11 is 0. The number of carbonyl (C=O) groups is 1. The van der Waals surface area contributed by atoms with Gasteiger partial charge < -0.3 is 9.64 Å². The van der Waals surface area contributed by atoms with E-state index >= 15 is 0 Å². The molecule has 0 N–H and O–H groups in total. The molecule has 1 aliphatic rings. The van der Waals surface area contributed by atoms with Gasteiger partial charge in [0.15, 0.2) is 0 Å². The number of β-lactam (4-membered cyclic amide) rings is 1. The van der Waals surface area contributed by atoms with Crippen LogP contribution in [0.25, 0.3) is 0 Å².